The third kappa shape index (κ3) is 4.53. The van der Waals surface area contributed by atoms with Crippen LogP contribution < -0.4 is 20.7 Å². The Kier molecular flexibility index (Phi) is 6.29. The molecule has 7 nitrogen and oxygen atoms in total. The Labute approximate surface area is 212 Å². The Morgan fingerprint density at radius 3 is 2.63 bits per heavy atom. The van der Waals surface area contributed by atoms with Crippen LogP contribution in [0, 0.1) is 11.2 Å². The molecule has 2 saturated heterocycles. The van der Waals surface area contributed by atoms with E-state index in [1.807, 2.05) is 11.8 Å². The number of nitrogens with one attached hydrogen (secondary N) is 2. The lowest BCUT2D eigenvalue weighted by molar-refractivity contribution is 0.227. The Morgan fingerprint density at radius 1 is 1.23 bits per heavy atom. The standard InChI is InChI=1S/C25H25Cl2FN6O/c1-14(22-18(26)10-31-11-19(22)27)35-16-3-4-21(29)17(8-16)23(30)15-7-20(28)24(32-9-15)34-12-25(13-34)5-2-6-33-25/h3-4,7-11,14,30,33H,2,5-6,12-13,29H2,1H3/t14-/m1/s1. The van der Waals surface area contributed by atoms with Crippen molar-refractivity contribution in [3.8, 4) is 5.75 Å². The van der Waals surface area contributed by atoms with E-state index in [0.717, 1.165) is 32.5 Å². The predicted molar refractivity (Wildman–Crippen MR) is 136 cm³/mol. The molecule has 0 unspecified atom stereocenters. The molecule has 0 amide bonds. The van der Waals surface area contributed by atoms with Crippen molar-refractivity contribution in [1.29, 1.82) is 5.41 Å². The number of rotatable bonds is 6. The number of anilines is 2. The van der Waals surface area contributed by atoms with E-state index < -0.39 is 11.9 Å². The van der Waals surface area contributed by atoms with E-state index in [1.165, 1.54) is 24.7 Å². The highest BCUT2D eigenvalue weighted by Gasteiger charge is 2.45. The number of nitrogen functional groups attached to an aromatic ring is 1. The highest BCUT2D eigenvalue weighted by Crippen LogP contribution is 2.35. The van der Waals surface area contributed by atoms with Gasteiger partial charge in [0, 0.05) is 54.1 Å². The van der Waals surface area contributed by atoms with Gasteiger partial charge in [0.15, 0.2) is 11.6 Å². The molecule has 4 heterocycles. The molecule has 0 aliphatic carbocycles. The zero-order chi connectivity index (χ0) is 24.7. The number of aromatic nitrogens is 2. The zero-order valence-corrected chi connectivity index (χ0v) is 20.6. The smallest absolute Gasteiger partial charge is 0.166 e. The summed E-state index contributed by atoms with van der Waals surface area (Å²) >= 11 is 12.5. The Morgan fingerprint density at radius 2 is 1.97 bits per heavy atom. The van der Waals surface area contributed by atoms with Gasteiger partial charge in [-0.25, -0.2) is 9.37 Å². The van der Waals surface area contributed by atoms with Crippen LogP contribution in [0.3, 0.4) is 0 Å². The van der Waals surface area contributed by atoms with Gasteiger partial charge in [-0.05, 0) is 50.6 Å². The fraction of sp³-hybridized carbons (Fsp3) is 0.320. The van der Waals surface area contributed by atoms with Crippen molar-refractivity contribution in [3.05, 3.63) is 75.4 Å². The van der Waals surface area contributed by atoms with E-state index in [1.54, 1.807) is 18.2 Å². The van der Waals surface area contributed by atoms with Crippen LogP contribution >= 0.6 is 23.2 Å². The van der Waals surface area contributed by atoms with Crippen molar-refractivity contribution in [2.24, 2.45) is 0 Å². The van der Waals surface area contributed by atoms with E-state index in [9.17, 15) is 4.39 Å². The third-order valence-corrected chi connectivity index (χ3v) is 7.24. The molecule has 2 fully saturated rings. The maximum atomic E-state index is 15.0. The molecule has 3 aromatic rings. The molecule has 1 aromatic carbocycles. The minimum atomic E-state index is -0.476. The molecular weight excluding hydrogens is 490 g/mol. The minimum Gasteiger partial charge on any atom is -0.486 e. The predicted octanol–water partition coefficient (Wildman–Crippen LogP) is 5.00. The quantitative estimate of drug-likeness (QED) is 0.316. The van der Waals surface area contributed by atoms with E-state index in [2.05, 4.69) is 15.3 Å². The van der Waals surface area contributed by atoms with Gasteiger partial charge in [0.25, 0.3) is 0 Å². The fourth-order valence-corrected chi connectivity index (χ4v) is 5.50. The average Bonchev–Trinajstić information content (AvgIpc) is 3.29. The molecular formula is C25H25Cl2FN6O. The van der Waals surface area contributed by atoms with Gasteiger partial charge in [0.1, 0.15) is 11.9 Å². The molecule has 1 spiro atoms. The van der Waals surface area contributed by atoms with Crippen LogP contribution in [0.5, 0.6) is 5.75 Å². The second-order valence-electron chi connectivity index (χ2n) is 9.10. The topological polar surface area (TPSA) is 100 Å². The second-order valence-corrected chi connectivity index (χ2v) is 9.91. The highest BCUT2D eigenvalue weighted by molar-refractivity contribution is 6.35. The van der Waals surface area contributed by atoms with Gasteiger partial charge in [-0.3, -0.25) is 10.4 Å². The Balaban J connectivity index is 1.34. The molecule has 0 radical (unpaired) electrons. The van der Waals surface area contributed by atoms with Crippen LogP contribution in [0.1, 0.15) is 42.6 Å². The van der Waals surface area contributed by atoms with Crippen LogP contribution in [0.2, 0.25) is 10.0 Å². The van der Waals surface area contributed by atoms with Gasteiger partial charge in [0.2, 0.25) is 0 Å². The number of nitrogens with two attached hydrogens (primary N) is 1. The molecule has 4 N–H and O–H groups in total. The maximum Gasteiger partial charge on any atom is 0.166 e. The minimum absolute atomic E-state index is 0.0519. The summed E-state index contributed by atoms with van der Waals surface area (Å²) in [6, 6.07) is 6.33. The summed E-state index contributed by atoms with van der Waals surface area (Å²) in [5, 5.41) is 13.0. The lowest BCUT2D eigenvalue weighted by atomic mass is 9.88. The van der Waals surface area contributed by atoms with Crippen LogP contribution in [0.15, 0.2) is 42.9 Å². The molecule has 5 rings (SSSR count). The first-order valence-electron chi connectivity index (χ1n) is 11.4. The van der Waals surface area contributed by atoms with Crippen molar-refractivity contribution in [2.75, 3.05) is 30.3 Å². The van der Waals surface area contributed by atoms with Crippen molar-refractivity contribution in [2.45, 2.75) is 31.4 Å². The van der Waals surface area contributed by atoms with Gasteiger partial charge < -0.3 is 20.7 Å². The Bertz CT molecular complexity index is 1270. The number of nitrogens with zero attached hydrogens (tertiary/aromatic N) is 3. The summed E-state index contributed by atoms with van der Waals surface area (Å²) in [6.07, 6.45) is 6.29. The summed E-state index contributed by atoms with van der Waals surface area (Å²) in [4.78, 5) is 10.2. The number of hydrogen-bond donors (Lipinski definition) is 3. The molecule has 35 heavy (non-hydrogen) atoms. The van der Waals surface area contributed by atoms with Crippen molar-refractivity contribution in [3.63, 3.8) is 0 Å². The van der Waals surface area contributed by atoms with Gasteiger partial charge in [-0.1, -0.05) is 23.2 Å². The first kappa shape index (κ1) is 23.8. The molecule has 0 bridgehead atoms. The maximum absolute atomic E-state index is 15.0. The molecule has 2 aromatic heterocycles. The van der Waals surface area contributed by atoms with Gasteiger partial charge in [-0.15, -0.1) is 0 Å². The SMILES string of the molecule is C[C@@H](Oc1ccc(N)c(C(=N)c2cnc(N3CC4(CCCN4)C3)c(F)c2)c1)c1c(Cl)cncc1Cl. The highest BCUT2D eigenvalue weighted by atomic mass is 35.5. The normalized spacial score (nSPS) is 17.3. The van der Waals surface area contributed by atoms with Crippen LogP contribution in [-0.4, -0.2) is 40.9 Å². The summed E-state index contributed by atoms with van der Waals surface area (Å²) in [5.74, 6) is 0.322. The third-order valence-electron chi connectivity index (χ3n) is 6.63. The van der Waals surface area contributed by atoms with E-state index >= 15 is 0 Å². The lowest BCUT2D eigenvalue weighted by Gasteiger charge is -2.49. The van der Waals surface area contributed by atoms with Crippen molar-refractivity contribution >= 4 is 40.4 Å². The van der Waals surface area contributed by atoms with E-state index in [-0.39, 0.29) is 11.3 Å². The fourth-order valence-electron chi connectivity index (χ4n) is 4.83. The average molecular weight is 515 g/mol. The number of halogens is 3. The summed E-state index contributed by atoms with van der Waals surface area (Å²) in [5.41, 5.74) is 8.02. The van der Waals surface area contributed by atoms with Gasteiger partial charge >= 0.3 is 0 Å². The molecule has 2 aliphatic heterocycles. The number of pyridine rings is 2. The van der Waals surface area contributed by atoms with Crippen LogP contribution in [-0.2, 0) is 0 Å². The number of benzene rings is 1. The van der Waals surface area contributed by atoms with Crippen molar-refractivity contribution < 1.29 is 9.13 Å². The second kappa shape index (κ2) is 9.26. The lowest BCUT2D eigenvalue weighted by Crippen LogP contribution is -2.67. The van der Waals surface area contributed by atoms with Gasteiger partial charge in [0.05, 0.1) is 21.3 Å². The summed E-state index contributed by atoms with van der Waals surface area (Å²) < 4.78 is 21.0. The number of ether oxygens (including phenoxy) is 1. The molecule has 2 aliphatic rings. The molecule has 0 saturated carbocycles. The largest absolute Gasteiger partial charge is 0.486 e. The first-order valence-corrected chi connectivity index (χ1v) is 12.1. The van der Waals surface area contributed by atoms with Gasteiger partial charge in [-0.2, -0.15) is 0 Å². The van der Waals surface area contributed by atoms with E-state index in [4.69, 9.17) is 39.1 Å². The Hall–Kier alpha value is -2.94. The zero-order valence-electron chi connectivity index (χ0n) is 19.1. The van der Waals surface area contributed by atoms with E-state index in [0.29, 0.717) is 44.0 Å². The van der Waals surface area contributed by atoms with Crippen molar-refractivity contribution in [1.82, 2.24) is 15.3 Å². The molecule has 10 heteroatoms. The molecule has 182 valence electrons. The number of hydrogen-bond acceptors (Lipinski definition) is 7. The van der Waals surface area contributed by atoms with Crippen LogP contribution in [0.25, 0.3) is 0 Å². The summed E-state index contributed by atoms with van der Waals surface area (Å²) in [7, 11) is 0. The first-order chi connectivity index (χ1) is 16.8. The molecule has 1 atom stereocenters. The monoisotopic (exact) mass is 514 g/mol. The summed E-state index contributed by atoms with van der Waals surface area (Å²) in [6.45, 7) is 4.30. The van der Waals surface area contributed by atoms with Crippen LogP contribution in [0.4, 0.5) is 15.9 Å².